The summed E-state index contributed by atoms with van der Waals surface area (Å²) < 4.78 is 75.7. The van der Waals surface area contributed by atoms with Gasteiger partial charge in [0.2, 0.25) is 0 Å². The highest BCUT2D eigenvalue weighted by Crippen LogP contribution is 2.48. The predicted octanol–water partition coefficient (Wildman–Crippen LogP) is 10.8. The fourth-order valence-corrected chi connectivity index (χ4v) is 6.03. The van der Waals surface area contributed by atoms with Crippen LogP contribution in [0.1, 0.15) is 0 Å². The maximum Gasteiger partial charge on any atom is 0.534 e. The molecular weight excluding hydrogens is 625 g/mol. The van der Waals surface area contributed by atoms with Crippen molar-refractivity contribution in [3.05, 3.63) is 152 Å². The second kappa shape index (κ2) is 11.9. The highest BCUT2D eigenvalue weighted by Gasteiger charge is 2.49. The molecule has 7 rings (SSSR count). The molecule has 0 N–H and O–H groups in total. The molecular formula is C37H25F3N2O4S. The predicted molar refractivity (Wildman–Crippen MR) is 179 cm³/mol. The normalized spacial score (nSPS) is 11.9. The molecule has 0 amide bonds. The number of hydrogen-bond donors (Lipinski definition) is 0. The maximum atomic E-state index is 13.5. The van der Waals surface area contributed by atoms with Crippen molar-refractivity contribution in [3.63, 3.8) is 0 Å². The number of hydrogen-bond acceptors (Lipinski definition) is 6. The molecule has 10 heteroatoms. The number of alkyl halides is 3. The van der Waals surface area contributed by atoms with Crippen LogP contribution < -0.4 is 14.0 Å². The van der Waals surface area contributed by atoms with E-state index in [9.17, 15) is 21.6 Å². The van der Waals surface area contributed by atoms with Crippen molar-refractivity contribution in [3.8, 4) is 5.75 Å². The summed E-state index contributed by atoms with van der Waals surface area (Å²) in [5, 5.41) is 0.904. The molecule has 6 aromatic carbocycles. The Morgan fingerprint density at radius 3 is 1.49 bits per heavy atom. The monoisotopic (exact) mass is 650 g/mol. The van der Waals surface area contributed by atoms with E-state index in [1.54, 1.807) is 6.07 Å². The Hall–Kier alpha value is -5.74. The molecule has 0 saturated carbocycles. The largest absolute Gasteiger partial charge is 0.534 e. The van der Waals surface area contributed by atoms with Crippen LogP contribution in [-0.4, -0.2) is 13.9 Å². The van der Waals surface area contributed by atoms with Gasteiger partial charge in [0.25, 0.3) is 0 Å². The number of furan rings is 1. The van der Waals surface area contributed by atoms with Gasteiger partial charge in [-0.2, -0.15) is 21.6 Å². The van der Waals surface area contributed by atoms with Crippen LogP contribution in [0.5, 0.6) is 5.75 Å². The van der Waals surface area contributed by atoms with E-state index in [0.717, 1.165) is 28.4 Å². The average Bonchev–Trinajstić information content (AvgIpc) is 3.47. The highest BCUT2D eigenvalue weighted by molar-refractivity contribution is 7.88. The number of para-hydroxylation sites is 4. The first kappa shape index (κ1) is 29.9. The molecule has 0 saturated heterocycles. The Balaban J connectivity index is 1.53. The maximum absolute atomic E-state index is 13.5. The minimum atomic E-state index is -5.99. The molecule has 1 aromatic heterocycles. The summed E-state index contributed by atoms with van der Waals surface area (Å²) in [5.74, 6) is -0.581. The molecule has 6 nitrogen and oxygen atoms in total. The minimum absolute atomic E-state index is 0.148. The number of benzene rings is 6. The third kappa shape index (κ3) is 5.64. The standard InChI is InChI=1S/C37H25F3N2O4S/c38-37(39,40)47(43,44)46-34-24-22-32(42(28-17-9-3-10-18-28)29-19-11-4-12-20-29)35-31-25-30(21-23-33(31)45-36(34)35)41(26-13-5-1-6-14-26)27-15-7-2-8-16-27/h1-25H. The Morgan fingerprint density at radius 1 is 0.553 bits per heavy atom. The van der Waals surface area contributed by atoms with E-state index >= 15 is 0 Å². The molecule has 0 spiro atoms. The number of halogens is 3. The number of rotatable bonds is 8. The first-order valence-corrected chi connectivity index (χ1v) is 15.9. The third-order valence-electron chi connectivity index (χ3n) is 7.58. The van der Waals surface area contributed by atoms with Gasteiger partial charge in [0.05, 0.1) is 11.1 Å². The number of anilines is 6. The summed E-state index contributed by atoms with van der Waals surface area (Å²) in [4.78, 5) is 3.97. The van der Waals surface area contributed by atoms with Crippen molar-refractivity contribution in [1.29, 1.82) is 0 Å². The topological polar surface area (TPSA) is 63.0 Å². The van der Waals surface area contributed by atoms with Gasteiger partial charge in [-0.05, 0) is 78.9 Å². The molecule has 0 unspecified atom stereocenters. The second-order valence-corrected chi connectivity index (χ2v) is 12.1. The highest BCUT2D eigenvalue weighted by atomic mass is 32.2. The van der Waals surface area contributed by atoms with Gasteiger partial charge in [0.15, 0.2) is 11.3 Å². The van der Waals surface area contributed by atoms with Gasteiger partial charge >= 0.3 is 15.6 Å². The lowest BCUT2D eigenvalue weighted by molar-refractivity contribution is -0.0499. The van der Waals surface area contributed by atoms with E-state index in [1.807, 2.05) is 143 Å². The van der Waals surface area contributed by atoms with E-state index in [1.165, 1.54) is 12.1 Å². The molecule has 0 bridgehead atoms. The van der Waals surface area contributed by atoms with Gasteiger partial charge in [0, 0.05) is 33.8 Å². The SMILES string of the molecule is O=S(=O)(Oc1ccc(N(c2ccccc2)c2ccccc2)c2c1oc1ccc(N(c3ccccc3)c3ccccc3)cc12)C(F)(F)F. The van der Waals surface area contributed by atoms with Gasteiger partial charge in [-0.3, -0.25) is 0 Å². The molecule has 0 radical (unpaired) electrons. The quantitative estimate of drug-likeness (QED) is 0.120. The van der Waals surface area contributed by atoms with Gasteiger partial charge in [-0.1, -0.05) is 72.8 Å². The van der Waals surface area contributed by atoms with E-state index in [2.05, 4.69) is 0 Å². The zero-order valence-corrected chi connectivity index (χ0v) is 25.3. The van der Waals surface area contributed by atoms with Crippen LogP contribution in [0.4, 0.5) is 47.3 Å². The third-order valence-corrected chi connectivity index (χ3v) is 8.55. The number of nitrogens with zero attached hydrogens (tertiary/aromatic N) is 2. The summed E-state index contributed by atoms with van der Waals surface area (Å²) >= 11 is 0. The molecule has 0 fully saturated rings. The van der Waals surface area contributed by atoms with Crippen molar-refractivity contribution in [2.24, 2.45) is 0 Å². The van der Waals surface area contributed by atoms with E-state index in [-0.39, 0.29) is 5.58 Å². The fourth-order valence-electron chi connectivity index (χ4n) is 5.57. The van der Waals surface area contributed by atoms with Crippen LogP contribution in [0, 0.1) is 0 Å². The van der Waals surface area contributed by atoms with E-state index < -0.39 is 21.4 Å². The van der Waals surface area contributed by atoms with Crippen LogP contribution in [-0.2, 0) is 10.1 Å². The van der Waals surface area contributed by atoms with Gasteiger partial charge in [-0.15, -0.1) is 0 Å². The van der Waals surface area contributed by atoms with Crippen LogP contribution in [0.3, 0.4) is 0 Å². The first-order valence-electron chi connectivity index (χ1n) is 14.5. The molecule has 0 aliphatic carbocycles. The Labute approximate surface area is 268 Å². The molecule has 7 aromatic rings. The van der Waals surface area contributed by atoms with Crippen molar-refractivity contribution >= 4 is 66.2 Å². The Bertz CT molecular complexity index is 2200. The Morgan fingerprint density at radius 2 is 1.02 bits per heavy atom. The summed E-state index contributed by atoms with van der Waals surface area (Å²) in [6.07, 6.45) is 0. The van der Waals surface area contributed by atoms with Crippen molar-refractivity contribution in [1.82, 2.24) is 0 Å². The van der Waals surface area contributed by atoms with Crippen molar-refractivity contribution in [2.75, 3.05) is 9.80 Å². The smallest absolute Gasteiger partial charge is 0.452 e. The summed E-state index contributed by atoms with van der Waals surface area (Å²) in [7, 11) is -5.99. The summed E-state index contributed by atoms with van der Waals surface area (Å²) in [6.45, 7) is 0. The lowest BCUT2D eigenvalue weighted by Gasteiger charge is -2.27. The summed E-state index contributed by atoms with van der Waals surface area (Å²) in [6, 6.07) is 46.4. The van der Waals surface area contributed by atoms with Crippen LogP contribution in [0.25, 0.3) is 21.9 Å². The average molecular weight is 651 g/mol. The van der Waals surface area contributed by atoms with Crippen LogP contribution in [0.15, 0.2) is 156 Å². The fraction of sp³-hybridized carbons (Fsp3) is 0.0270. The molecule has 0 aliphatic heterocycles. The Kier molecular flexibility index (Phi) is 7.57. The van der Waals surface area contributed by atoms with Crippen LogP contribution in [0.2, 0.25) is 0 Å². The second-order valence-electron chi connectivity index (χ2n) is 10.6. The van der Waals surface area contributed by atoms with Crippen LogP contribution >= 0.6 is 0 Å². The van der Waals surface area contributed by atoms with Gasteiger partial charge in [-0.25, -0.2) is 0 Å². The van der Waals surface area contributed by atoms with Gasteiger partial charge < -0.3 is 18.4 Å². The van der Waals surface area contributed by atoms with Crippen molar-refractivity contribution < 1.29 is 30.2 Å². The van der Waals surface area contributed by atoms with Crippen molar-refractivity contribution in [2.45, 2.75) is 5.51 Å². The lowest BCUT2D eigenvalue weighted by Crippen LogP contribution is -2.28. The zero-order chi connectivity index (χ0) is 32.6. The number of fused-ring (bicyclic) bond motifs is 3. The molecule has 1 heterocycles. The minimum Gasteiger partial charge on any atom is -0.452 e. The molecule has 0 aliphatic rings. The van der Waals surface area contributed by atoms with E-state index in [0.29, 0.717) is 22.0 Å². The molecule has 234 valence electrons. The summed E-state index contributed by atoms with van der Waals surface area (Å²) in [5.41, 5.74) is -0.904. The molecule has 0 atom stereocenters. The molecule has 47 heavy (non-hydrogen) atoms. The van der Waals surface area contributed by atoms with E-state index in [4.69, 9.17) is 8.60 Å². The van der Waals surface area contributed by atoms with Gasteiger partial charge in [0.1, 0.15) is 5.58 Å². The zero-order valence-electron chi connectivity index (χ0n) is 24.5. The lowest BCUT2D eigenvalue weighted by atomic mass is 10.1. The first-order chi connectivity index (χ1) is 22.7.